The zero-order chi connectivity index (χ0) is 18.1. The van der Waals surface area contributed by atoms with Crippen LogP contribution < -0.4 is 15.8 Å². The Morgan fingerprint density at radius 3 is 2.60 bits per heavy atom. The van der Waals surface area contributed by atoms with Crippen molar-refractivity contribution in [1.29, 1.82) is 0 Å². The minimum absolute atomic E-state index is 0.00709. The molecule has 0 aliphatic carbocycles. The molecule has 0 aliphatic rings. The Morgan fingerprint density at radius 1 is 1.28 bits per heavy atom. The summed E-state index contributed by atoms with van der Waals surface area (Å²) in [4.78, 5) is 25.6. The smallest absolute Gasteiger partial charge is 0.347 e. The van der Waals surface area contributed by atoms with Gasteiger partial charge in [-0.2, -0.15) is 0 Å². The van der Waals surface area contributed by atoms with Gasteiger partial charge in [-0.1, -0.05) is 24.3 Å². The minimum Gasteiger partial charge on any atom is -0.508 e. The average Bonchev–Trinajstić information content (AvgIpc) is 2.97. The second kappa shape index (κ2) is 6.45. The fourth-order valence-corrected chi connectivity index (χ4v) is 3.20. The van der Waals surface area contributed by atoms with Gasteiger partial charge in [-0.15, -0.1) is 11.3 Å². The number of nitrogens with one attached hydrogen (secondary N) is 1. The van der Waals surface area contributed by atoms with Crippen molar-refractivity contribution in [3.05, 3.63) is 64.5 Å². The SMILES string of the molecule is C=C(O)c1cc2sc(N(C)C(=O)Nc3ccc(C)cc3)cc2oc1=O. The van der Waals surface area contributed by atoms with E-state index >= 15 is 0 Å². The largest absolute Gasteiger partial charge is 0.508 e. The molecule has 0 radical (unpaired) electrons. The lowest BCUT2D eigenvalue weighted by Gasteiger charge is -2.15. The van der Waals surface area contributed by atoms with Crippen molar-refractivity contribution in [2.24, 2.45) is 0 Å². The van der Waals surface area contributed by atoms with E-state index in [4.69, 9.17) is 4.42 Å². The van der Waals surface area contributed by atoms with Crippen molar-refractivity contribution >= 4 is 44.1 Å². The van der Waals surface area contributed by atoms with Crippen LogP contribution in [0.25, 0.3) is 16.0 Å². The van der Waals surface area contributed by atoms with Gasteiger partial charge in [-0.05, 0) is 25.1 Å². The summed E-state index contributed by atoms with van der Waals surface area (Å²) in [5, 5.41) is 12.8. The van der Waals surface area contributed by atoms with Crippen molar-refractivity contribution in [2.45, 2.75) is 6.92 Å². The van der Waals surface area contributed by atoms with E-state index in [-0.39, 0.29) is 17.4 Å². The molecule has 1 aromatic carbocycles. The molecule has 2 N–H and O–H groups in total. The molecule has 0 atom stereocenters. The second-order valence-corrected chi connectivity index (χ2v) is 6.62. The number of urea groups is 1. The van der Waals surface area contributed by atoms with Crippen molar-refractivity contribution in [3.8, 4) is 0 Å². The van der Waals surface area contributed by atoms with Crippen LogP contribution in [-0.4, -0.2) is 18.2 Å². The minimum atomic E-state index is -0.670. The van der Waals surface area contributed by atoms with Crippen molar-refractivity contribution in [3.63, 3.8) is 0 Å². The number of fused-ring (bicyclic) bond motifs is 1. The van der Waals surface area contributed by atoms with Crippen molar-refractivity contribution < 1.29 is 14.3 Å². The van der Waals surface area contributed by atoms with Crippen LogP contribution in [0.1, 0.15) is 11.1 Å². The number of carbonyl (C=O) groups is 1. The number of anilines is 2. The average molecular weight is 356 g/mol. The van der Waals surface area contributed by atoms with Crippen LogP contribution in [0.4, 0.5) is 15.5 Å². The Hall–Kier alpha value is -3.06. The molecule has 2 amide bonds. The van der Waals surface area contributed by atoms with Gasteiger partial charge < -0.3 is 14.8 Å². The molecule has 3 aromatic rings. The monoisotopic (exact) mass is 356 g/mol. The van der Waals surface area contributed by atoms with Crippen LogP contribution in [0.5, 0.6) is 0 Å². The predicted molar refractivity (Wildman–Crippen MR) is 101 cm³/mol. The van der Waals surface area contributed by atoms with Gasteiger partial charge in [0.2, 0.25) is 0 Å². The lowest BCUT2D eigenvalue weighted by Crippen LogP contribution is -2.30. The van der Waals surface area contributed by atoms with Gasteiger partial charge in [0.25, 0.3) is 0 Å². The first kappa shape index (κ1) is 16.8. The molecule has 0 saturated heterocycles. The van der Waals surface area contributed by atoms with E-state index in [1.54, 1.807) is 13.1 Å². The van der Waals surface area contributed by atoms with E-state index in [0.717, 1.165) is 5.56 Å². The number of carbonyl (C=O) groups excluding carboxylic acids is 1. The molecule has 0 bridgehead atoms. The van der Waals surface area contributed by atoms with Gasteiger partial charge in [0.1, 0.15) is 16.3 Å². The maximum absolute atomic E-state index is 12.4. The first-order chi connectivity index (χ1) is 11.8. The van der Waals surface area contributed by atoms with Gasteiger partial charge in [-0.3, -0.25) is 4.90 Å². The Kier molecular flexibility index (Phi) is 4.33. The summed E-state index contributed by atoms with van der Waals surface area (Å²) in [6.07, 6.45) is 0. The highest BCUT2D eigenvalue weighted by Crippen LogP contribution is 2.32. The van der Waals surface area contributed by atoms with E-state index in [2.05, 4.69) is 11.9 Å². The maximum Gasteiger partial charge on any atom is 0.347 e. The zero-order valence-electron chi connectivity index (χ0n) is 13.7. The van der Waals surface area contributed by atoms with Gasteiger partial charge >= 0.3 is 11.7 Å². The Bertz CT molecular complexity index is 1020. The summed E-state index contributed by atoms with van der Waals surface area (Å²) in [5.74, 6) is -0.351. The fourth-order valence-electron chi connectivity index (χ4n) is 2.21. The van der Waals surface area contributed by atoms with E-state index in [1.807, 2.05) is 31.2 Å². The fraction of sp³-hybridized carbons (Fsp3) is 0.111. The highest BCUT2D eigenvalue weighted by Gasteiger charge is 2.17. The third kappa shape index (κ3) is 3.41. The normalized spacial score (nSPS) is 10.6. The molecule has 25 heavy (non-hydrogen) atoms. The summed E-state index contributed by atoms with van der Waals surface area (Å²) < 4.78 is 5.81. The first-order valence-electron chi connectivity index (χ1n) is 7.42. The Morgan fingerprint density at radius 2 is 1.96 bits per heavy atom. The highest BCUT2D eigenvalue weighted by molar-refractivity contribution is 7.22. The lowest BCUT2D eigenvalue weighted by molar-refractivity contribution is 0.258. The van der Waals surface area contributed by atoms with Gasteiger partial charge in [0, 0.05) is 18.8 Å². The quantitative estimate of drug-likeness (QED) is 0.683. The Balaban J connectivity index is 1.87. The summed E-state index contributed by atoms with van der Waals surface area (Å²) >= 11 is 1.27. The zero-order valence-corrected chi connectivity index (χ0v) is 14.5. The molecule has 3 rings (SSSR count). The maximum atomic E-state index is 12.4. The first-order valence-corrected chi connectivity index (χ1v) is 8.24. The molecule has 6 nitrogen and oxygen atoms in total. The van der Waals surface area contributed by atoms with Gasteiger partial charge in [-0.25, -0.2) is 9.59 Å². The van der Waals surface area contributed by atoms with Crippen LogP contribution in [0, 0.1) is 6.92 Å². The number of thiophene rings is 1. The number of benzene rings is 1. The van der Waals surface area contributed by atoms with Crippen LogP contribution in [0.2, 0.25) is 0 Å². The molecule has 0 spiro atoms. The van der Waals surface area contributed by atoms with Crippen LogP contribution in [-0.2, 0) is 0 Å². The van der Waals surface area contributed by atoms with Crippen LogP contribution in [0.15, 0.2) is 52.2 Å². The lowest BCUT2D eigenvalue weighted by atomic mass is 10.2. The molecule has 2 heterocycles. The standard InChI is InChI=1S/C18H16N2O4S/c1-10-4-6-12(7-5-10)19-18(23)20(3)16-9-14-15(25-16)8-13(11(2)21)17(22)24-14/h4-9,21H,2H2,1,3H3,(H,19,23). The number of aryl methyl sites for hydroxylation is 1. The molecule has 7 heteroatoms. The van der Waals surface area contributed by atoms with Gasteiger partial charge in [0.15, 0.2) is 5.58 Å². The summed E-state index contributed by atoms with van der Waals surface area (Å²) in [6.45, 7) is 5.31. The van der Waals surface area contributed by atoms with E-state index in [1.165, 1.54) is 22.3 Å². The van der Waals surface area contributed by atoms with Crippen molar-refractivity contribution in [2.75, 3.05) is 17.3 Å². The van der Waals surface area contributed by atoms with E-state index in [9.17, 15) is 14.7 Å². The highest BCUT2D eigenvalue weighted by atomic mass is 32.1. The number of hydrogen-bond donors (Lipinski definition) is 2. The molecule has 128 valence electrons. The predicted octanol–water partition coefficient (Wildman–Crippen LogP) is 4.36. The van der Waals surface area contributed by atoms with Crippen LogP contribution >= 0.6 is 11.3 Å². The van der Waals surface area contributed by atoms with Crippen molar-refractivity contribution in [1.82, 2.24) is 0 Å². The molecule has 0 saturated carbocycles. The van der Waals surface area contributed by atoms with Gasteiger partial charge in [0.05, 0.1) is 4.70 Å². The van der Waals surface area contributed by atoms with E-state index in [0.29, 0.717) is 21.0 Å². The number of rotatable bonds is 3. The number of aliphatic hydroxyl groups excluding tert-OH is 1. The molecule has 0 aliphatic heterocycles. The second-order valence-electron chi connectivity index (χ2n) is 5.56. The van der Waals surface area contributed by atoms with E-state index < -0.39 is 5.63 Å². The summed E-state index contributed by atoms with van der Waals surface area (Å²) in [7, 11) is 1.62. The van der Waals surface area contributed by atoms with Crippen LogP contribution in [0.3, 0.4) is 0 Å². The third-order valence-electron chi connectivity index (χ3n) is 3.66. The number of nitrogens with zero attached hydrogens (tertiary/aromatic N) is 1. The summed E-state index contributed by atoms with van der Waals surface area (Å²) in [5.41, 5.74) is 1.48. The molecular formula is C18H16N2O4S. The number of aliphatic hydroxyl groups is 1. The Labute approximate surface area is 147 Å². The molecule has 0 fully saturated rings. The molecular weight excluding hydrogens is 340 g/mol. The molecule has 2 aromatic heterocycles. The number of amides is 2. The number of hydrogen-bond acceptors (Lipinski definition) is 5. The third-order valence-corrected chi connectivity index (χ3v) is 4.80. The molecule has 0 unspecified atom stereocenters. The topological polar surface area (TPSA) is 82.8 Å². The summed E-state index contributed by atoms with van der Waals surface area (Å²) in [6, 6.07) is 10.3.